The Morgan fingerprint density at radius 3 is 2.76 bits per heavy atom. The van der Waals surface area contributed by atoms with Gasteiger partial charge in [0.2, 0.25) is 5.89 Å². The van der Waals surface area contributed by atoms with E-state index in [-0.39, 0.29) is 11.4 Å². The molecule has 0 N–H and O–H groups in total. The summed E-state index contributed by atoms with van der Waals surface area (Å²) in [6.45, 7) is 0. The number of hydrogen-bond acceptors (Lipinski definition) is 5. The minimum Gasteiger partial charge on any atom is -0.465 e. The zero-order valence-corrected chi connectivity index (χ0v) is 11.2. The largest absolute Gasteiger partial charge is 0.465 e. The van der Waals surface area contributed by atoms with E-state index in [4.69, 9.17) is 4.42 Å². The zero-order valence-electron chi connectivity index (χ0n) is 11.2. The minimum absolute atomic E-state index is 0.171. The predicted molar refractivity (Wildman–Crippen MR) is 77.1 cm³/mol. The Bertz CT molecular complexity index is 883. The lowest BCUT2D eigenvalue weighted by Gasteiger charge is -2.04. The molecule has 2 aromatic carbocycles. The van der Waals surface area contributed by atoms with Crippen LogP contribution in [0.25, 0.3) is 22.4 Å². The lowest BCUT2D eigenvalue weighted by atomic mass is 10.1. The topological polar surface area (TPSA) is 69.4 Å². The number of carbonyl (C=O) groups excluding carboxylic acids is 1. The summed E-state index contributed by atoms with van der Waals surface area (Å²) in [5, 5.41) is 0.422. The first-order valence-electron chi connectivity index (χ1n) is 6.27. The van der Waals surface area contributed by atoms with Crippen LogP contribution in [0.2, 0.25) is 0 Å². The number of methoxy groups -OCH3 is 1. The summed E-state index contributed by atoms with van der Waals surface area (Å²) >= 11 is 0. The molecule has 0 fully saturated rings. The van der Waals surface area contributed by atoms with Gasteiger partial charge < -0.3 is 9.15 Å². The van der Waals surface area contributed by atoms with Crippen molar-refractivity contribution in [3.05, 3.63) is 64.4 Å². The first kappa shape index (κ1) is 13.1. The van der Waals surface area contributed by atoms with Gasteiger partial charge in [-0.05, 0) is 30.3 Å². The average Bonchev–Trinajstić information content (AvgIpc) is 2.54. The number of hydrogen-bond donors (Lipinski definition) is 0. The smallest absolute Gasteiger partial charge is 0.337 e. The molecule has 3 rings (SSSR count). The van der Waals surface area contributed by atoms with Crippen molar-refractivity contribution >= 4 is 16.9 Å². The molecule has 21 heavy (non-hydrogen) atoms. The summed E-state index contributed by atoms with van der Waals surface area (Å²) < 4.78 is 10.3. The van der Waals surface area contributed by atoms with Crippen LogP contribution in [-0.2, 0) is 4.74 Å². The lowest BCUT2D eigenvalue weighted by Crippen LogP contribution is -2.07. The van der Waals surface area contributed by atoms with E-state index in [0.717, 1.165) is 0 Å². The molecule has 0 saturated carbocycles. The molecule has 0 amide bonds. The maximum atomic E-state index is 12.0. The van der Waals surface area contributed by atoms with Crippen LogP contribution in [-0.4, -0.2) is 18.1 Å². The molecule has 0 aliphatic rings. The van der Waals surface area contributed by atoms with E-state index < -0.39 is 5.97 Å². The lowest BCUT2D eigenvalue weighted by molar-refractivity contribution is 0.0601. The van der Waals surface area contributed by atoms with Crippen molar-refractivity contribution in [2.75, 3.05) is 7.11 Å². The van der Waals surface area contributed by atoms with Gasteiger partial charge >= 0.3 is 5.97 Å². The quantitative estimate of drug-likeness (QED) is 0.675. The number of nitrogens with zero attached hydrogens (tertiary/aromatic N) is 1. The van der Waals surface area contributed by atoms with Crippen LogP contribution in [0, 0.1) is 0 Å². The van der Waals surface area contributed by atoms with Crippen molar-refractivity contribution in [2.24, 2.45) is 0 Å². The van der Waals surface area contributed by atoms with Crippen molar-refractivity contribution in [1.82, 2.24) is 4.98 Å². The molecule has 0 aliphatic carbocycles. The molecule has 1 heterocycles. The van der Waals surface area contributed by atoms with Crippen LogP contribution in [0.3, 0.4) is 0 Å². The first-order chi connectivity index (χ1) is 10.2. The average molecular weight is 281 g/mol. The molecule has 0 aliphatic heterocycles. The van der Waals surface area contributed by atoms with Gasteiger partial charge in [-0.1, -0.05) is 18.2 Å². The Morgan fingerprint density at radius 2 is 1.95 bits per heavy atom. The molecule has 5 heteroatoms. The van der Waals surface area contributed by atoms with Gasteiger partial charge in [-0.15, -0.1) is 0 Å². The molecular weight excluding hydrogens is 270 g/mol. The highest BCUT2D eigenvalue weighted by atomic mass is 16.5. The van der Waals surface area contributed by atoms with Crippen LogP contribution in [0.4, 0.5) is 0 Å². The fourth-order valence-corrected chi connectivity index (χ4v) is 2.03. The molecule has 104 valence electrons. The summed E-state index contributed by atoms with van der Waals surface area (Å²) in [6.07, 6.45) is 0. The van der Waals surface area contributed by atoms with Crippen LogP contribution in [0.15, 0.2) is 57.7 Å². The van der Waals surface area contributed by atoms with Gasteiger partial charge in [0.05, 0.1) is 18.1 Å². The van der Waals surface area contributed by atoms with Crippen molar-refractivity contribution in [3.63, 3.8) is 0 Å². The Balaban J connectivity index is 2.17. The summed E-state index contributed by atoms with van der Waals surface area (Å²) in [5.74, 6) is -0.288. The van der Waals surface area contributed by atoms with Crippen LogP contribution in [0.1, 0.15) is 10.4 Å². The molecular formula is C16H11NO4. The van der Waals surface area contributed by atoms with Gasteiger partial charge in [0, 0.05) is 5.56 Å². The van der Waals surface area contributed by atoms with E-state index >= 15 is 0 Å². The Hall–Kier alpha value is -2.95. The molecule has 0 spiro atoms. The third kappa shape index (κ3) is 2.41. The number of fused-ring (bicyclic) bond motifs is 1. The fraction of sp³-hybridized carbons (Fsp3) is 0.0625. The molecule has 3 aromatic rings. The van der Waals surface area contributed by atoms with Crippen molar-refractivity contribution in [2.45, 2.75) is 0 Å². The molecule has 0 unspecified atom stereocenters. The highest BCUT2D eigenvalue weighted by molar-refractivity contribution is 5.90. The summed E-state index contributed by atoms with van der Waals surface area (Å²) in [6, 6.07) is 13.5. The van der Waals surface area contributed by atoms with E-state index in [1.807, 2.05) is 0 Å². The van der Waals surface area contributed by atoms with Crippen molar-refractivity contribution in [3.8, 4) is 11.5 Å². The fourth-order valence-electron chi connectivity index (χ4n) is 2.03. The molecule has 0 bridgehead atoms. The van der Waals surface area contributed by atoms with Gasteiger partial charge in [-0.3, -0.25) is 4.79 Å². The normalized spacial score (nSPS) is 10.5. The van der Waals surface area contributed by atoms with Gasteiger partial charge in [-0.2, -0.15) is 4.98 Å². The standard InChI is InChI=1S/C16H11NO4/c1-20-16(19)11-6-4-5-10(9-11)15-17-14(18)12-7-2-3-8-13(12)21-15/h2-9H,1H3. The summed E-state index contributed by atoms with van der Waals surface area (Å²) in [7, 11) is 1.31. The summed E-state index contributed by atoms with van der Waals surface area (Å²) in [4.78, 5) is 27.4. The maximum absolute atomic E-state index is 12.0. The van der Waals surface area contributed by atoms with Crippen molar-refractivity contribution in [1.29, 1.82) is 0 Å². The Labute approximate surface area is 119 Å². The van der Waals surface area contributed by atoms with Gasteiger partial charge in [-0.25, -0.2) is 4.79 Å². The third-order valence-electron chi connectivity index (χ3n) is 3.06. The van der Waals surface area contributed by atoms with Crippen LogP contribution in [0.5, 0.6) is 0 Å². The summed E-state index contributed by atoms with van der Waals surface area (Å²) in [5.41, 5.74) is 1.000. The molecule has 0 saturated heterocycles. The van der Waals surface area contributed by atoms with Crippen LogP contribution < -0.4 is 5.56 Å². The zero-order chi connectivity index (χ0) is 14.8. The van der Waals surface area contributed by atoms with E-state index in [1.54, 1.807) is 48.5 Å². The third-order valence-corrected chi connectivity index (χ3v) is 3.06. The number of ether oxygens (including phenoxy) is 1. The SMILES string of the molecule is COC(=O)c1cccc(-c2nc(=O)c3ccccc3o2)c1. The van der Waals surface area contributed by atoms with Crippen molar-refractivity contribution < 1.29 is 13.9 Å². The predicted octanol–water partition coefficient (Wildman–Crippen LogP) is 2.64. The number of esters is 1. The van der Waals surface area contributed by atoms with E-state index in [0.29, 0.717) is 22.1 Å². The van der Waals surface area contributed by atoms with Crippen LogP contribution >= 0.6 is 0 Å². The van der Waals surface area contributed by atoms with E-state index in [9.17, 15) is 9.59 Å². The number of benzene rings is 2. The van der Waals surface area contributed by atoms with Gasteiger partial charge in [0.15, 0.2) is 0 Å². The second-order valence-electron chi connectivity index (χ2n) is 4.39. The monoisotopic (exact) mass is 281 g/mol. The number of aromatic nitrogens is 1. The second-order valence-corrected chi connectivity index (χ2v) is 4.39. The number of para-hydroxylation sites is 1. The second kappa shape index (κ2) is 5.20. The Morgan fingerprint density at radius 1 is 1.14 bits per heavy atom. The first-order valence-corrected chi connectivity index (χ1v) is 6.27. The molecule has 0 atom stereocenters. The molecule has 5 nitrogen and oxygen atoms in total. The van der Waals surface area contributed by atoms with Gasteiger partial charge in [0.1, 0.15) is 5.58 Å². The minimum atomic E-state index is -0.458. The number of carbonyl (C=O) groups is 1. The maximum Gasteiger partial charge on any atom is 0.337 e. The number of rotatable bonds is 2. The Kier molecular flexibility index (Phi) is 3.23. The highest BCUT2D eigenvalue weighted by Crippen LogP contribution is 2.21. The van der Waals surface area contributed by atoms with E-state index in [1.165, 1.54) is 7.11 Å². The highest BCUT2D eigenvalue weighted by Gasteiger charge is 2.11. The molecule has 0 radical (unpaired) electrons. The van der Waals surface area contributed by atoms with E-state index in [2.05, 4.69) is 9.72 Å². The van der Waals surface area contributed by atoms with Gasteiger partial charge in [0.25, 0.3) is 5.56 Å². The molecule has 1 aromatic heterocycles.